The van der Waals surface area contributed by atoms with Crippen LogP contribution in [0, 0.1) is 6.92 Å². The summed E-state index contributed by atoms with van der Waals surface area (Å²) in [4.78, 5) is 9.12. The summed E-state index contributed by atoms with van der Waals surface area (Å²) in [5, 5.41) is 8.61. The van der Waals surface area contributed by atoms with Crippen LogP contribution in [0.4, 0.5) is 17.5 Å². The Morgan fingerprint density at radius 1 is 1.18 bits per heavy atom. The van der Waals surface area contributed by atoms with Gasteiger partial charge in [0.2, 0.25) is 5.95 Å². The normalized spacial score (nSPS) is 10.2. The fraction of sp³-hybridized carbons (Fsp3) is 0.0909. The maximum absolute atomic E-state index is 5.58. The van der Waals surface area contributed by atoms with Gasteiger partial charge in [0.1, 0.15) is 5.82 Å². The van der Waals surface area contributed by atoms with Crippen molar-refractivity contribution in [2.45, 2.75) is 11.8 Å². The predicted molar refractivity (Wildman–Crippen MR) is 71.0 cm³/mol. The number of nitrogens with one attached hydrogen (secondary N) is 1. The zero-order chi connectivity index (χ0) is 12.3. The zero-order valence-corrected chi connectivity index (χ0v) is 10.2. The van der Waals surface area contributed by atoms with Crippen LogP contribution in [0.1, 0.15) is 5.69 Å². The number of aromatic nitrogens is 2. The third-order valence-electron chi connectivity index (χ3n) is 2.13. The Balaban J connectivity index is 2.19. The van der Waals surface area contributed by atoms with Crippen molar-refractivity contribution in [3.05, 3.63) is 36.0 Å². The van der Waals surface area contributed by atoms with E-state index >= 15 is 0 Å². The third-order valence-corrected chi connectivity index (χ3v) is 2.68. The highest BCUT2D eigenvalue weighted by molar-refractivity contribution is 7.97. The van der Waals surface area contributed by atoms with Gasteiger partial charge >= 0.3 is 0 Å². The second kappa shape index (κ2) is 5.03. The molecule has 0 saturated carbocycles. The SMILES string of the molecule is Cc1cc(Nc2ccc(SN)cc2)nc(N)n1. The fourth-order valence-corrected chi connectivity index (χ4v) is 1.71. The Kier molecular flexibility index (Phi) is 3.46. The molecule has 0 atom stereocenters. The Hall–Kier alpha value is -1.79. The lowest BCUT2D eigenvalue weighted by atomic mass is 10.3. The molecule has 0 saturated heterocycles. The molecule has 1 heterocycles. The van der Waals surface area contributed by atoms with Crippen LogP contribution in [0.5, 0.6) is 0 Å². The minimum absolute atomic E-state index is 0.265. The number of nitrogens with zero attached hydrogens (tertiary/aromatic N) is 2. The molecule has 0 radical (unpaired) electrons. The van der Waals surface area contributed by atoms with Crippen LogP contribution in [0.25, 0.3) is 0 Å². The van der Waals surface area contributed by atoms with Gasteiger partial charge in [0.05, 0.1) is 0 Å². The van der Waals surface area contributed by atoms with E-state index in [9.17, 15) is 0 Å². The number of benzene rings is 1. The van der Waals surface area contributed by atoms with Gasteiger partial charge in [-0.3, -0.25) is 5.14 Å². The first kappa shape index (κ1) is 11.7. The molecule has 0 spiro atoms. The summed E-state index contributed by atoms with van der Waals surface area (Å²) < 4.78 is 0. The molecular formula is C11H13N5S. The number of nitrogen functional groups attached to an aromatic ring is 1. The summed E-state index contributed by atoms with van der Waals surface area (Å²) in [7, 11) is 0. The lowest BCUT2D eigenvalue weighted by molar-refractivity contribution is 1.12. The lowest BCUT2D eigenvalue weighted by Gasteiger charge is -2.07. The van der Waals surface area contributed by atoms with Crippen LogP contribution >= 0.6 is 11.9 Å². The zero-order valence-electron chi connectivity index (χ0n) is 9.34. The van der Waals surface area contributed by atoms with E-state index < -0.39 is 0 Å². The second-order valence-electron chi connectivity index (χ2n) is 3.52. The Morgan fingerprint density at radius 2 is 1.88 bits per heavy atom. The van der Waals surface area contributed by atoms with Gasteiger partial charge in [-0.2, -0.15) is 4.98 Å². The van der Waals surface area contributed by atoms with Crippen LogP contribution in [0.3, 0.4) is 0 Å². The van der Waals surface area contributed by atoms with E-state index in [1.165, 1.54) is 11.9 Å². The molecule has 2 rings (SSSR count). The highest BCUT2D eigenvalue weighted by atomic mass is 32.2. The summed E-state index contributed by atoms with van der Waals surface area (Å²) >= 11 is 1.22. The quantitative estimate of drug-likeness (QED) is 0.719. The average molecular weight is 247 g/mol. The van der Waals surface area contributed by atoms with Gasteiger partial charge in [-0.05, 0) is 43.1 Å². The summed E-state index contributed by atoms with van der Waals surface area (Å²) in [5.41, 5.74) is 7.34. The number of nitrogens with two attached hydrogens (primary N) is 2. The largest absolute Gasteiger partial charge is 0.368 e. The summed E-state index contributed by atoms with van der Waals surface area (Å²) in [5.74, 6) is 0.949. The Labute approximate surface area is 104 Å². The Morgan fingerprint density at radius 3 is 2.47 bits per heavy atom. The van der Waals surface area contributed by atoms with Crippen molar-refractivity contribution >= 4 is 29.4 Å². The summed E-state index contributed by atoms with van der Waals surface area (Å²) in [6.45, 7) is 1.87. The van der Waals surface area contributed by atoms with Crippen molar-refractivity contribution in [2.24, 2.45) is 5.14 Å². The van der Waals surface area contributed by atoms with Crippen molar-refractivity contribution < 1.29 is 0 Å². The highest BCUT2D eigenvalue weighted by Gasteiger charge is 2.00. The van der Waals surface area contributed by atoms with E-state index in [1.54, 1.807) is 0 Å². The van der Waals surface area contributed by atoms with Gasteiger partial charge in [-0.1, -0.05) is 0 Å². The van der Waals surface area contributed by atoms with Gasteiger partial charge in [-0.25, -0.2) is 4.98 Å². The minimum atomic E-state index is 0.265. The molecule has 5 nitrogen and oxygen atoms in total. The van der Waals surface area contributed by atoms with E-state index in [1.807, 2.05) is 37.3 Å². The van der Waals surface area contributed by atoms with Gasteiger partial charge in [0.25, 0.3) is 0 Å². The number of hydrogen-bond donors (Lipinski definition) is 3. The highest BCUT2D eigenvalue weighted by Crippen LogP contribution is 2.19. The smallest absolute Gasteiger partial charge is 0.222 e. The fourth-order valence-electron chi connectivity index (χ4n) is 1.42. The molecule has 1 aromatic heterocycles. The first-order valence-corrected chi connectivity index (χ1v) is 5.90. The molecule has 5 N–H and O–H groups in total. The molecule has 0 aliphatic carbocycles. The van der Waals surface area contributed by atoms with E-state index in [-0.39, 0.29) is 5.95 Å². The molecule has 0 aliphatic rings. The molecule has 0 aliphatic heterocycles. The topological polar surface area (TPSA) is 89.8 Å². The van der Waals surface area contributed by atoms with Gasteiger partial charge < -0.3 is 11.1 Å². The molecule has 0 unspecified atom stereocenters. The van der Waals surface area contributed by atoms with Crippen LogP contribution < -0.4 is 16.2 Å². The van der Waals surface area contributed by atoms with E-state index in [4.69, 9.17) is 10.9 Å². The van der Waals surface area contributed by atoms with Gasteiger partial charge in [0, 0.05) is 22.3 Å². The summed E-state index contributed by atoms with van der Waals surface area (Å²) in [6, 6.07) is 9.57. The predicted octanol–water partition coefficient (Wildman–Crippen LogP) is 2.08. The Bertz CT molecular complexity index is 492. The monoisotopic (exact) mass is 247 g/mol. The van der Waals surface area contributed by atoms with Crippen LogP contribution in [-0.2, 0) is 0 Å². The lowest BCUT2D eigenvalue weighted by Crippen LogP contribution is -2.01. The number of rotatable bonds is 3. The maximum atomic E-state index is 5.58. The number of aryl methyl sites for hydroxylation is 1. The number of anilines is 3. The summed E-state index contributed by atoms with van der Waals surface area (Å²) in [6.07, 6.45) is 0. The number of hydrogen-bond acceptors (Lipinski definition) is 6. The molecule has 17 heavy (non-hydrogen) atoms. The third kappa shape index (κ3) is 3.08. The van der Waals surface area contributed by atoms with Crippen molar-refractivity contribution in [3.63, 3.8) is 0 Å². The van der Waals surface area contributed by atoms with Crippen molar-refractivity contribution in [1.82, 2.24) is 9.97 Å². The maximum Gasteiger partial charge on any atom is 0.222 e. The van der Waals surface area contributed by atoms with Gasteiger partial charge in [0.15, 0.2) is 0 Å². The first-order chi connectivity index (χ1) is 8.17. The molecule has 1 aromatic carbocycles. The average Bonchev–Trinajstić information content (AvgIpc) is 2.28. The molecule has 6 heteroatoms. The molecule has 2 aromatic rings. The molecular weight excluding hydrogens is 234 g/mol. The van der Waals surface area contributed by atoms with Crippen LogP contribution in [0.2, 0.25) is 0 Å². The van der Waals surface area contributed by atoms with E-state index in [0.717, 1.165) is 16.3 Å². The van der Waals surface area contributed by atoms with E-state index in [0.29, 0.717) is 5.82 Å². The molecule has 0 fully saturated rings. The molecule has 0 bridgehead atoms. The second-order valence-corrected chi connectivity index (χ2v) is 4.23. The standard InChI is InChI=1S/C11H13N5S/c1-7-6-10(16-11(12)14-7)15-8-2-4-9(17-13)5-3-8/h2-6H,13H2,1H3,(H3,12,14,15,16). The van der Waals surface area contributed by atoms with Crippen LogP contribution in [-0.4, -0.2) is 9.97 Å². The van der Waals surface area contributed by atoms with E-state index in [2.05, 4.69) is 15.3 Å². The first-order valence-electron chi connectivity index (χ1n) is 5.02. The van der Waals surface area contributed by atoms with Gasteiger partial charge in [-0.15, -0.1) is 0 Å². The van der Waals surface area contributed by atoms with Crippen LogP contribution in [0.15, 0.2) is 35.2 Å². The molecule has 0 amide bonds. The molecule has 88 valence electrons. The van der Waals surface area contributed by atoms with Crippen molar-refractivity contribution in [1.29, 1.82) is 0 Å². The minimum Gasteiger partial charge on any atom is -0.368 e. The van der Waals surface area contributed by atoms with Crippen molar-refractivity contribution in [2.75, 3.05) is 11.1 Å². The van der Waals surface area contributed by atoms with Crippen molar-refractivity contribution in [3.8, 4) is 0 Å².